The van der Waals surface area contributed by atoms with Gasteiger partial charge in [0.1, 0.15) is 5.38 Å². The van der Waals surface area contributed by atoms with Crippen LogP contribution in [0.1, 0.15) is 55.6 Å². The van der Waals surface area contributed by atoms with Gasteiger partial charge in [-0.05, 0) is 56.4 Å². The first-order valence-corrected chi connectivity index (χ1v) is 11.0. The smallest absolute Gasteiger partial charge is 0.253 e. The van der Waals surface area contributed by atoms with Crippen molar-refractivity contribution >= 4 is 34.8 Å². The molecule has 0 radical (unpaired) electrons. The normalized spacial score (nSPS) is 16.6. The number of anilines is 2. The minimum Gasteiger partial charge on any atom is -0.371 e. The fourth-order valence-electron chi connectivity index (χ4n) is 3.66. The zero-order chi connectivity index (χ0) is 21.7. The first-order chi connectivity index (χ1) is 14.3. The topological polar surface area (TPSA) is 61.4 Å². The molecule has 0 bridgehead atoms. The second kappa shape index (κ2) is 9.98. The molecule has 2 atom stereocenters. The second-order valence-corrected chi connectivity index (χ2v) is 8.77. The number of nitrogens with zero attached hydrogens (tertiary/aromatic N) is 1. The van der Waals surface area contributed by atoms with Gasteiger partial charge >= 0.3 is 0 Å². The Morgan fingerprint density at radius 3 is 2.37 bits per heavy atom. The van der Waals surface area contributed by atoms with Crippen molar-refractivity contribution in [1.82, 2.24) is 5.32 Å². The number of alkyl halides is 1. The summed E-state index contributed by atoms with van der Waals surface area (Å²) in [6, 6.07) is 15.2. The molecule has 1 aliphatic heterocycles. The standard InChI is InChI=1S/C24H30ClN3O2/c1-16-11-13-28(14-12-16)22-10-9-20(27-23(29)17(2)25)15-21(22)24(30)26-18(3)19-7-5-4-6-8-19/h4-10,15-18H,11-14H2,1-3H3,(H,26,30)(H,27,29)/t17-,18+/m1/s1. The molecular weight excluding hydrogens is 398 g/mol. The molecular formula is C24H30ClN3O2. The number of piperidine rings is 1. The summed E-state index contributed by atoms with van der Waals surface area (Å²) in [7, 11) is 0. The Bertz CT molecular complexity index is 877. The lowest BCUT2D eigenvalue weighted by atomic mass is 9.97. The van der Waals surface area contributed by atoms with Crippen LogP contribution < -0.4 is 15.5 Å². The van der Waals surface area contributed by atoms with Gasteiger partial charge in [-0.2, -0.15) is 0 Å². The maximum atomic E-state index is 13.3. The Morgan fingerprint density at radius 2 is 1.73 bits per heavy atom. The summed E-state index contributed by atoms with van der Waals surface area (Å²) in [5.41, 5.74) is 3.07. The number of carbonyl (C=O) groups excluding carboxylic acids is 2. The van der Waals surface area contributed by atoms with E-state index < -0.39 is 5.38 Å². The van der Waals surface area contributed by atoms with Gasteiger partial charge in [0.2, 0.25) is 5.91 Å². The summed E-state index contributed by atoms with van der Waals surface area (Å²) < 4.78 is 0. The number of rotatable bonds is 6. The van der Waals surface area contributed by atoms with Crippen molar-refractivity contribution in [3.8, 4) is 0 Å². The van der Waals surface area contributed by atoms with Gasteiger partial charge < -0.3 is 15.5 Å². The molecule has 1 aliphatic rings. The Morgan fingerprint density at radius 1 is 1.07 bits per heavy atom. The van der Waals surface area contributed by atoms with Crippen molar-refractivity contribution in [3.05, 3.63) is 59.7 Å². The monoisotopic (exact) mass is 427 g/mol. The van der Waals surface area contributed by atoms with Gasteiger partial charge in [-0.25, -0.2) is 0 Å². The molecule has 2 N–H and O–H groups in total. The Kier molecular flexibility index (Phi) is 7.38. The number of amides is 2. The van der Waals surface area contributed by atoms with E-state index in [2.05, 4.69) is 22.5 Å². The van der Waals surface area contributed by atoms with Crippen molar-refractivity contribution in [3.63, 3.8) is 0 Å². The van der Waals surface area contributed by atoms with Gasteiger partial charge in [0.05, 0.1) is 11.6 Å². The first kappa shape index (κ1) is 22.2. The van der Waals surface area contributed by atoms with Gasteiger partial charge in [0.25, 0.3) is 5.91 Å². The van der Waals surface area contributed by atoms with Gasteiger partial charge in [-0.3, -0.25) is 9.59 Å². The van der Waals surface area contributed by atoms with Crippen LogP contribution in [0.4, 0.5) is 11.4 Å². The quantitative estimate of drug-likeness (QED) is 0.639. The zero-order valence-electron chi connectivity index (χ0n) is 17.8. The molecule has 5 nitrogen and oxygen atoms in total. The highest BCUT2D eigenvalue weighted by Gasteiger charge is 2.23. The molecule has 2 amide bonds. The third kappa shape index (κ3) is 5.54. The third-order valence-electron chi connectivity index (χ3n) is 5.64. The number of halogens is 1. The molecule has 30 heavy (non-hydrogen) atoms. The lowest BCUT2D eigenvalue weighted by molar-refractivity contribution is -0.115. The van der Waals surface area contributed by atoms with Crippen molar-refractivity contribution < 1.29 is 9.59 Å². The molecule has 2 aromatic carbocycles. The van der Waals surface area contributed by atoms with E-state index in [1.54, 1.807) is 13.0 Å². The Balaban J connectivity index is 1.87. The van der Waals surface area contributed by atoms with Crippen LogP contribution in [0.15, 0.2) is 48.5 Å². The molecule has 0 spiro atoms. The predicted octanol–water partition coefficient (Wildman–Crippen LogP) is 4.98. The Labute approximate surface area is 183 Å². The SMILES string of the molecule is CC1CCN(c2ccc(NC(=O)[C@@H](C)Cl)cc2C(=O)N[C@@H](C)c2ccccc2)CC1. The van der Waals surface area contributed by atoms with Gasteiger partial charge in [0, 0.05) is 24.5 Å². The van der Waals surface area contributed by atoms with E-state index in [4.69, 9.17) is 11.6 Å². The van der Waals surface area contributed by atoms with Crippen molar-refractivity contribution in [2.75, 3.05) is 23.3 Å². The summed E-state index contributed by atoms with van der Waals surface area (Å²) in [5, 5.41) is 5.24. The molecule has 2 aromatic rings. The predicted molar refractivity (Wildman–Crippen MR) is 123 cm³/mol. The van der Waals surface area contributed by atoms with Crippen LogP contribution in [-0.4, -0.2) is 30.3 Å². The van der Waals surface area contributed by atoms with E-state index in [1.807, 2.05) is 49.4 Å². The molecule has 6 heteroatoms. The Hall–Kier alpha value is -2.53. The number of benzene rings is 2. The maximum Gasteiger partial charge on any atom is 0.253 e. The molecule has 1 heterocycles. The van der Waals surface area contributed by atoms with Gasteiger partial charge in [0.15, 0.2) is 0 Å². The summed E-state index contributed by atoms with van der Waals surface area (Å²) in [6.07, 6.45) is 2.20. The number of nitrogens with one attached hydrogen (secondary N) is 2. The van der Waals surface area contributed by atoms with E-state index in [9.17, 15) is 9.59 Å². The molecule has 1 saturated heterocycles. The molecule has 160 valence electrons. The lowest BCUT2D eigenvalue weighted by Gasteiger charge is -2.33. The van der Waals surface area contributed by atoms with Crippen LogP contribution >= 0.6 is 11.6 Å². The number of hydrogen-bond donors (Lipinski definition) is 2. The second-order valence-electron chi connectivity index (χ2n) is 8.11. The summed E-state index contributed by atoms with van der Waals surface area (Å²) in [4.78, 5) is 27.5. The molecule has 1 fully saturated rings. The van der Waals surface area contributed by atoms with Crippen LogP contribution in [0, 0.1) is 5.92 Å². The summed E-state index contributed by atoms with van der Waals surface area (Å²) in [6.45, 7) is 7.68. The number of carbonyl (C=O) groups is 2. The fraction of sp³-hybridized carbons (Fsp3) is 0.417. The van der Waals surface area contributed by atoms with Crippen molar-refractivity contribution in [1.29, 1.82) is 0 Å². The molecule has 0 saturated carbocycles. The van der Waals surface area contributed by atoms with Gasteiger partial charge in [-0.1, -0.05) is 37.3 Å². The maximum absolute atomic E-state index is 13.3. The summed E-state index contributed by atoms with van der Waals surface area (Å²) in [5.74, 6) is 0.246. The molecule has 0 aliphatic carbocycles. The average molecular weight is 428 g/mol. The highest BCUT2D eigenvalue weighted by atomic mass is 35.5. The van der Waals surface area contributed by atoms with Crippen LogP contribution in [-0.2, 0) is 4.79 Å². The molecule has 3 rings (SSSR count). The van der Waals surface area contributed by atoms with E-state index in [-0.39, 0.29) is 17.9 Å². The van der Waals surface area contributed by atoms with Crippen LogP contribution in [0.3, 0.4) is 0 Å². The van der Waals surface area contributed by atoms with Crippen LogP contribution in [0.2, 0.25) is 0 Å². The highest BCUT2D eigenvalue weighted by molar-refractivity contribution is 6.32. The van der Waals surface area contributed by atoms with Crippen LogP contribution in [0.25, 0.3) is 0 Å². The van der Waals surface area contributed by atoms with Crippen LogP contribution in [0.5, 0.6) is 0 Å². The van der Waals surface area contributed by atoms with E-state index in [0.717, 1.165) is 37.2 Å². The van der Waals surface area contributed by atoms with Crippen molar-refractivity contribution in [2.45, 2.75) is 45.0 Å². The van der Waals surface area contributed by atoms with E-state index >= 15 is 0 Å². The van der Waals surface area contributed by atoms with Crippen molar-refractivity contribution in [2.24, 2.45) is 5.92 Å². The molecule has 0 aromatic heterocycles. The highest BCUT2D eigenvalue weighted by Crippen LogP contribution is 2.29. The van der Waals surface area contributed by atoms with E-state index in [0.29, 0.717) is 17.2 Å². The minimum atomic E-state index is -0.649. The first-order valence-electron chi connectivity index (χ1n) is 10.5. The third-order valence-corrected chi connectivity index (χ3v) is 5.84. The minimum absolute atomic E-state index is 0.131. The molecule has 0 unspecified atom stereocenters. The average Bonchev–Trinajstić information content (AvgIpc) is 2.75. The van der Waals surface area contributed by atoms with Gasteiger partial charge in [-0.15, -0.1) is 11.6 Å². The fourth-order valence-corrected chi connectivity index (χ4v) is 3.72. The number of hydrogen-bond acceptors (Lipinski definition) is 3. The lowest BCUT2D eigenvalue weighted by Crippen LogP contribution is -2.35. The summed E-state index contributed by atoms with van der Waals surface area (Å²) >= 11 is 5.88. The largest absolute Gasteiger partial charge is 0.371 e. The van der Waals surface area contributed by atoms with E-state index in [1.165, 1.54) is 0 Å². The zero-order valence-corrected chi connectivity index (χ0v) is 18.6.